The standard InChI is InChI=1S/C21H39N7/c1-18(2)8-5-9-19(3)26-20(22-4)23-12-7-13-27-14-16-28(17-15-27)21-24-10-6-11-25-21/h6,10-11,18-19H,5,7-9,12-17H2,1-4H3,(H2,22,23,26). The van der Waals surface area contributed by atoms with Crippen molar-refractivity contribution in [3.8, 4) is 0 Å². The Labute approximate surface area is 171 Å². The molecule has 2 rings (SSSR count). The molecule has 0 aliphatic carbocycles. The zero-order chi connectivity index (χ0) is 20.2. The number of anilines is 1. The van der Waals surface area contributed by atoms with Crippen molar-refractivity contribution in [1.82, 2.24) is 25.5 Å². The van der Waals surface area contributed by atoms with Crippen LogP contribution in [-0.4, -0.2) is 73.2 Å². The molecule has 7 nitrogen and oxygen atoms in total. The van der Waals surface area contributed by atoms with Gasteiger partial charge < -0.3 is 15.5 Å². The molecule has 0 bridgehead atoms. The fraction of sp³-hybridized carbons (Fsp3) is 0.762. The minimum Gasteiger partial charge on any atom is -0.356 e. The molecule has 1 aliphatic rings. The number of hydrogen-bond donors (Lipinski definition) is 2. The first kappa shape index (κ1) is 22.4. The van der Waals surface area contributed by atoms with Gasteiger partial charge in [0, 0.05) is 58.2 Å². The fourth-order valence-corrected chi connectivity index (χ4v) is 3.47. The molecule has 0 aromatic carbocycles. The highest BCUT2D eigenvalue weighted by Crippen LogP contribution is 2.10. The van der Waals surface area contributed by atoms with E-state index in [1.54, 1.807) is 0 Å². The average molecular weight is 390 g/mol. The molecule has 1 aromatic rings. The van der Waals surface area contributed by atoms with Crippen LogP contribution in [0.15, 0.2) is 23.5 Å². The molecule has 1 saturated heterocycles. The molecule has 1 atom stereocenters. The quantitative estimate of drug-likeness (QED) is 0.364. The van der Waals surface area contributed by atoms with Gasteiger partial charge in [-0.1, -0.05) is 26.7 Å². The van der Waals surface area contributed by atoms with Gasteiger partial charge in [-0.15, -0.1) is 0 Å². The van der Waals surface area contributed by atoms with Crippen LogP contribution >= 0.6 is 0 Å². The lowest BCUT2D eigenvalue weighted by molar-refractivity contribution is 0.254. The summed E-state index contributed by atoms with van der Waals surface area (Å²) in [4.78, 5) is 17.8. The second kappa shape index (κ2) is 12.5. The van der Waals surface area contributed by atoms with Gasteiger partial charge in [0.15, 0.2) is 5.96 Å². The molecule has 0 spiro atoms. The van der Waals surface area contributed by atoms with Crippen LogP contribution in [0, 0.1) is 5.92 Å². The molecule has 0 amide bonds. The van der Waals surface area contributed by atoms with Crippen LogP contribution in [0.1, 0.15) is 46.5 Å². The molecule has 28 heavy (non-hydrogen) atoms. The van der Waals surface area contributed by atoms with Crippen molar-refractivity contribution in [2.75, 3.05) is 51.2 Å². The molecule has 7 heteroatoms. The van der Waals surface area contributed by atoms with E-state index in [1.807, 2.05) is 25.5 Å². The Morgan fingerprint density at radius 1 is 1.07 bits per heavy atom. The van der Waals surface area contributed by atoms with Gasteiger partial charge in [-0.2, -0.15) is 0 Å². The SMILES string of the molecule is CN=C(NCCCN1CCN(c2ncccn2)CC1)NC(C)CCCC(C)C. The van der Waals surface area contributed by atoms with Crippen LogP contribution < -0.4 is 15.5 Å². The van der Waals surface area contributed by atoms with Crippen molar-refractivity contribution in [2.45, 2.75) is 52.5 Å². The highest BCUT2D eigenvalue weighted by Gasteiger charge is 2.18. The van der Waals surface area contributed by atoms with Crippen LogP contribution in [0.5, 0.6) is 0 Å². The maximum atomic E-state index is 4.36. The molecule has 1 aliphatic heterocycles. The molecule has 158 valence electrons. The second-order valence-corrected chi connectivity index (χ2v) is 8.10. The Morgan fingerprint density at radius 2 is 1.79 bits per heavy atom. The normalized spacial score (nSPS) is 17.0. The lowest BCUT2D eigenvalue weighted by Gasteiger charge is -2.34. The van der Waals surface area contributed by atoms with Crippen LogP contribution in [0.25, 0.3) is 0 Å². The number of hydrogen-bond acceptors (Lipinski definition) is 5. The summed E-state index contributed by atoms with van der Waals surface area (Å²) in [6.07, 6.45) is 8.49. The Hall–Kier alpha value is -1.89. The molecular weight excluding hydrogens is 350 g/mol. The third kappa shape index (κ3) is 8.42. The molecule has 2 heterocycles. The lowest BCUT2D eigenvalue weighted by Crippen LogP contribution is -2.48. The van der Waals surface area contributed by atoms with Crippen molar-refractivity contribution in [3.05, 3.63) is 18.5 Å². The summed E-state index contributed by atoms with van der Waals surface area (Å²) in [6, 6.07) is 2.32. The first-order chi connectivity index (χ1) is 13.6. The molecule has 0 saturated carbocycles. The maximum absolute atomic E-state index is 4.36. The predicted octanol–water partition coefficient (Wildman–Crippen LogP) is 2.37. The van der Waals surface area contributed by atoms with Crippen LogP contribution in [0.4, 0.5) is 5.95 Å². The van der Waals surface area contributed by atoms with Gasteiger partial charge >= 0.3 is 0 Å². The Morgan fingerprint density at radius 3 is 2.43 bits per heavy atom. The summed E-state index contributed by atoms with van der Waals surface area (Å²) in [6.45, 7) is 13.0. The van der Waals surface area contributed by atoms with Gasteiger partial charge in [0.1, 0.15) is 0 Å². The van der Waals surface area contributed by atoms with E-state index in [2.05, 4.69) is 56.2 Å². The average Bonchev–Trinajstić information content (AvgIpc) is 2.71. The van der Waals surface area contributed by atoms with Crippen molar-refractivity contribution in [1.29, 1.82) is 0 Å². The summed E-state index contributed by atoms with van der Waals surface area (Å²) < 4.78 is 0. The molecule has 1 unspecified atom stereocenters. The molecule has 0 radical (unpaired) electrons. The highest BCUT2D eigenvalue weighted by atomic mass is 15.3. The summed E-state index contributed by atoms with van der Waals surface area (Å²) in [5.74, 6) is 2.55. The molecular formula is C21H39N7. The largest absolute Gasteiger partial charge is 0.356 e. The number of nitrogens with one attached hydrogen (secondary N) is 2. The van der Waals surface area contributed by atoms with Gasteiger partial charge in [-0.05, 0) is 38.3 Å². The Bertz CT molecular complexity index is 553. The fourth-order valence-electron chi connectivity index (χ4n) is 3.47. The lowest BCUT2D eigenvalue weighted by atomic mass is 10.0. The summed E-state index contributed by atoms with van der Waals surface area (Å²) in [5.41, 5.74) is 0. The van der Waals surface area contributed by atoms with E-state index in [0.29, 0.717) is 6.04 Å². The number of nitrogens with zero attached hydrogens (tertiary/aromatic N) is 5. The van der Waals surface area contributed by atoms with E-state index in [1.165, 1.54) is 19.3 Å². The molecule has 1 fully saturated rings. The van der Waals surface area contributed by atoms with E-state index >= 15 is 0 Å². The van der Waals surface area contributed by atoms with Gasteiger partial charge in [0.25, 0.3) is 0 Å². The third-order valence-corrected chi connectivity index (χ3v) is 5.18. The summed E-state index contributed by atoms with van der Waals surface area (Å²) in [7, 11) is 1.85. The van der Waals surface area contributed by atoms with E-state index < -0.39 is 0 Å². The third-order valence-electron chi connectivity index (χ3n) is 5.18. The van der Waals surface area contributed by atoms with E-state index in [0.717, 1.165) is 63.5 Å². The number of aliphatic imine (C=N–C) groups is 1. The van der Waals surface area contributed by atoms with Crippen LogP contribution in [-0.2, 0) is 0 Å². The molecule has 1 aromatic heterocycles. The van der Waals surface area contributed by atoms with Gasteiger partial charge in [-0.25, -0.2) is 9.97 Å². The maximum Gasteiger partial charge on any atom is 0.225 e. The van der Waals surface area contributed by atoms with Gasteiger partial charge in [-0.3, -0.25) is 9.89 Å². The summed E-state index contributed by atoms with van der Waals surface area (Å²) >= 11 is 0. The number of piperazine rings is 1. The smallest absolute Gasteiger partial charge is 0.225 e. The minimum atomic E-state index is 0.457. The van der Waals surface area contributed by atoms with E-state index in [9.17, 15) is 0 Å². The van der Waals surface area contributed by atoms with E-state index in [4.69, 9.17) is 0 Å². The number of rotatable bonds is 10. The van der Waals surface area contributed by atoms with Crippen LogP contribution in [0.3, 0.4) is 0 Å². The number of aromatic nitrogens is 2. The van der Waals surface area contributed by atoms with Crippen molar-refractivity contribution in [2.24, 2.45) is 10.9 Å². The topological polar surface area (TPSA) is 68.7 Å². The van der Waals surface area contributed by atoms with E-state index in [-0.39, 0.29) is 0 Å². The summed E-state index contributed by atoms with van der Waals surface area (Å²) in [5, 5.41) is 6.96. The highest BCUT2D eigenvalue weighted by molar-refractivity contribution is 5.79. The van der Waals surface area contributed by atoms with Crippen molar-refractivity contribution < 1.29 is 0 Å². The van der Waals surface area contributed by atoms with Gasteiger partial charge in [0.05, 0.1) is 0 Å². The van der Waals surface area contributed by atoms with Crippen LogP contribution in [0.2, 0.25) is 0 Å². The van der Waals surface area contributed by atoms with Crippen molar-refractivity contribution >= 4 is 11.9 Å². The predicted molar refractivity (Wildman–Crippen MR) is 118 cm³/mol. The number of guanidine groups is 1. The first-order valence-corrected chi connectivity index (χ1v) is 10.8. The molecule has 2 N–H and O–H groups in total. The Kier molecular flexibility index (Phi) is 10.0. The van der Waals surface area contributed by atoms with Gasteiger partial charge in [0.2, 0.25) is 5.95 Å². The zero-order valence-electron chi connectivity index (χ0n) is 18.2. The Balaban J connectivity index is 1.56. The van der Waals surface area contributed by atoms with Crippen molar-refractivity contribution in [3.63, 3.8) is 0 Å². The zero-order valence-corrected chi connectivity index (χ0v) is 18.2. The monoisotopic (exact) mass is 389 g/mol. The second-order valence-electron chi connectivity index (χ2n) is 8.10. The minimum absolute atomic E-state index is 0.457. The first-order valence-electron chi connectivity index (χ1n) is 10.8.